The van der Waals surface area contributed by atoms with Crippen LogP contribution in [0.4, 0.5) is 0 Å². The van der Waals surface area contributed by atoms with Gasteiger partial charge in [-0.1, -0.05) is 0 Å². The Morgan fingerprint density at radius 2 is 2.06 bits per heavy atom. The molecule has 0 aromatic carbocycles. The second-order valence-electron chi connectivity index (χ2n) is 4.18. The van der Waals surface area contributed by atoms with Gasteiger partial charge in [-0.25, -0.2) is 8.42 Å². The lowest BCUT2D eigenvalue weighted by Crippen LogP contribution is -2.38. The number of aryl methyl sites for hydroxylation is 1. The Labute approximate surface area is 101 Å². The Bertz CT molecular complexity index is 503. The number of carbonyl (C=O) groups excluding carboxylic acids is 1. The smallest absolute Gasteiger partial charge is 0.240 e. The lowest BCUT2D eigenvalue weighted by atomic mass is 10.3. The minimum atomic E-state index is -3.36. The lowest BCUT2D eigenvalue weighted by molar-refractivity contribution is -0.129. The molecule has 6 heteroatoms. The average Bonchev–Trinajstić information content (AvgIpc) is 2.60. The molecule has 1 unspecified atom stereocenters. The van der Waals surface area contributed by atoms with Gasteiger partial charge in [0.1, 0.15) is 16.8 Å². The SMILES string of the molecule is Cc1ccc(CN(C)C(=O)C(C)S(C)(=O)=O)o1. The van der Waals surface area contributed by atoms with E-state index in [-0.39, 0.29) is 6.54 Å². The molecule has 0 bridgehead atoms. The summed E-state index contributed by atoms with van der Waals surface area (Å²) in [5, 5.41) is -1.02. The van der Waals surface area contributed by atoms with Crippen molar-refractivity contribution in [2.75, 3.05) is 13.3 Å². The topological polar surface area (TPSA) is 67.6 Å². The van der Waals surface area contributed by atoms with Crippen LogP contribution < -0.4 is 0 Å². The summed E-state index contributed by atoms with van der Waals surface area (Å²) in [6.45, 7) is 3.47. The van der Waals surface area contributed by atoms with E-state index in [1.54, 1.807) is 19.2 Å². The first-order valence-electron chi connectivity index (χ1n) is 5.21. The molecule has 0 radical (unpaired) electrons. The summed E-state index contributed by atoms with van der Waals surface area (Å²) >= 11 is 0. The minimum absolute atomic E-state index is 0.270. The molecule has 0 N–H and O–H groups in total. The van der Waals surface area contributed by atoms with Crippen LogP contribution in [0.5, 0.6) is 0 Å². The number of nitrogens with zero attached hydrogens (tertiary/aromatic N) is 1. The monoisotopic (exact) mass is 259 g/mol. The number of sulfone groups is 1. The molecular formula is C11H17NO4S. The first-order chi connectivity index (χ1) is 7.71. The van der Waals surface area contributed by atoms with E-state index in [0.717, 1.165) is 12.0 Å². The van der Waals surface area contributed by atoms with E-state index >= 15 is 0 Å². The van der Waals surface area contributed by atoms with Gasteiger partial charge >= 0.3 is 0 Å². The van der Waals surface area contributed by atoms with Crippen LogP contribution in [0.15, 0.2) is 16.5 Å². The molecule has 96 valence electrons. The van der Waals surface area contributed by atoms with Crippen LogP contribution in [0.1, 0.15) is 18.4 Å². The quantitative estimate of drug-likeness (QED) is 0.808. The summed E-state index contributed by atoms with van der Waals surface area (Å²) in [5.74, 6) is 0.970. The zero-order valence-corrected chi connectivity index (χ0v) is 11.2. The number of hydrogen-bond donors (Lipinski definition) is 0. The number of hydrogen-bond acceptors (Lipinski definition) is 4. The summed E-state index contributed by atoms with van der Waals surface area (Å²) in [7, 11) is -1.80. The Morgan fingerprint density at radius 3 is 2.47 bits per heavy atom. The largest absolute Gasteiger partial charge is 0.464 e. The standard InChI is InChI=1S/C11H17NO4S/c1-8-5-6-10(16-8)7-12(3)11(13)9(2)17(4,14)15/h5-6,9H,7H2,1-4H3. The van der Waals surface area contributed by atoms with Crippen molar-refractivity contribution in [2.45, 2.75) is 25.6 Å². The molecule has 0 aliphatic carbocycles. The second kappa shape index (κ2) is 4.91. The van der Waals surface area contributed by atoms with Gasteiger partial charge in [-0.05, 0) is 26.0 Å². The Morgan fingerprint density at radius 1 is 1.47 bits per heavy atom. The molecule has 0 saturated carbocycles. The van der Waals surface area contributed by atoms with Gasteiger partial charge in [0, 0.05) is 13.3 Å². The first kappa shape index (κ1) is 13.8. The molecule has 0 saturated heterocycles. The van der Waals surface area contributed by atoms with Gasteiger partial charge in [0.05, 0.1) is 6.54 Å². The van der Waals surface area contributed by atoms with Crippen LogP contribution in [-0.2, 0) is 21.2 Å². The summed E-state index contributed by atoms with van der Waals surface area (Å²) in [6.07, 6.45) is 1.06. The predicted octanol–water partition coefficient (Wildman–Crippen LogP) is 0.980. The highest BCUT2D eigenvalue weighted by Gasteiger charge is 2.26. The zero-order valence-electron chi connectivity index (χ0n) is 10.4. The van der Waals surface area contributed by atoms with E-state index in [2.05, 4.69) is 0 Å². The molecular weight excluding hydrogens is 242 g/mol. The van der Waals surface area contributed by atoms with Gasteiger partial charge in [-0.15, -0.1) is 0 Å². The van der Waals surface area contributed by atoms with Gasteiger partial charge in [-0.3, -0.25) is 4.79 Å². The average molecular weight is 259 g/mol. The van der Waals surface area contributed by atoms with Crippen molar-refractivity contribution in [1.82, 2.24) is 4.90 Å². The summed E-state index contributed by atoms with van der Waals surface area (Å²) in [5.41, 5.74) is 0. The molecule has 0 aliphatic heterocycles. The van der Waals surface area contributed by atoms with Crippen molar-refractivity contribution >= 4 is 15.7 Å². The van der Waals surface area contributed by atoms with Crippen molar-refractivity contribution in [3.8, 4) is 0 Å². The summed E-state index contributed by atoms with van der Waals surface area (Å²) < 4.78 is 27.9. The van der Waals surface area contributed by atoms with Crippen LogP contribution in [0.3, 0.4) is 0 Å². The number of furan rings is 1. The van der Waals surface area contributed by atoms with Crippen molar-refractivity contribution in [3.05, 3.63) is 23.7 Å². The fourth-order valence-corrected chi connectivity index (χ4v) is 1.92. The van der Waals surface area contributed by atoms with Gasteiger partial charge < -0.3 is 9.32 Å². The van der Waals surface area contributed by atoms with Crippen molar-refractivity contribution in [1.29, 1.82) is 0 Å². The van der Waals surface area contributed by atoms with E-state index in [1.807, 2.05) is 6.92 Å². The predicted molar refractivity (Wildman–Crippen MR) is 64.2 cm³/mol. The van der Waals surface area contributed by atoms with E-state index in [0.29, 0.717) is 5.76 Å². The van der Waals surface area contributed by atoms with Crippen LogP contribution in [0.2, 0.25) is 0 Å². The highest BCUT2D eigenvalue weighted by molar-refractivity contribution is 7.92. The fourth-order valence-electron chi connectivity index (χ4n) is 1.38. The third-order valence-corrected chi connectivity index (χ3v) is 4.04. The van der Waals surface area contributed by atoms with E-state index < -0.39 is 21.0 Å². The lowest BCUT2D eigenvalue weighted by Gasteiger charge is -2.19. The number of amides is 1. The molecule has 1 amide bonds. The molecule has 0 fully saturated rings. The molecule has 1 rings (SSSR count). The van der Waals surface area contributed by atoms with Gasteiger partial charge in [0.2, 0.25) is 5.91 Å². The maximum Gasteiger partial charge on any atom is 0.240 e. The highest BCUT2D eigenvalue weighted by Crippen LogP contribution is 2.11. The molecule has 5 nitrogen and oxygen atoms in total. The van der Waals surface area contributed by atoms with Crippen LogP contribution in [-0.4, -0.2) is 37.8 Å². The van der Waals surface area contributed by atoms with Crippen LogP contribution >= 0.6 is 0 Å². The molecule has 17 heavy (non-hydrogen) atoms. The van der Waals surface area contributed by atoms with E-state index in [4.69, 9.17) is 4.42 Å². The fraction of sp³-hybridized carbons (Fsp3) is 0.545. The molecule has 1 aromatic heterocycles. The summed E-state index contributed by atoms with van der Waals surface area (Å²) in [6, 6.07) is 3.57. The number of carbonyl (C=O) groups is 1. The van der Waals surface area contributed by atoms with Gasteiger partial charge in [0.25, 0.3) is 0 Å². The molecule has 0 aliphatic rings. The number of rotatable bonds is 4. The summed E-state index contributed by atoms with van der Waals surface area (Å²) in [4.78, 5) is 13.2. The molecule has 0 spiro atoms. The Hall–Kier alpha value is -1.30. The highest BCUT2D eigenvalue weighted by atomic mass is 32.2. The van der Waals surface area contributed by atoms with Crippen molar-refractivity contribution in [2.24, 2.45) is 0 Å². The van der Waals surface area contributed by atoms with Crippen molar-refractivity contribution in [3.63, 3.8) is 0 Å². The molecule has 1 atom stereocenters. The van der Waals surface area contributed by atoms with Crippen LogP contribution in [0.25, 0.3) is 0 Å². The van der Waals surface area contributed by atoms with Crippen molar-refractivity contribution < 1.29 is 17.6 Å². The van der Waals surface area contributed by atoms with Crippen LogP contribution in [0, 0.1) is 6.92 Å². The normalized spacial score (nSPS) is 13.4. The Balaban J connectivity index is 2.71. The van der Waals surface area contributed by atoms with E-state index in [1.165, 1.54) is 11.8 Å². The Kier molecular flexibility index (Phi) is 3.98. The third-order valence-electron chi connectivity index (χ3n) is 2.56. The zero-order chi connectivity index (χ0) is 13.2. The molecule has 1 aromatic rings. The minimum Gasteiger partial charge on any atom is -0.464 e. The molecule has 1 heterocycles. The van der Waals surface area contributed by atoms with Gasteiger partial charge in [0.15, 0.2) is 9.84 Å². The second-order valence-corrected chi connectivity index (χ2v) is 6.54. The third kappa shape index (κ3) is 3.59. The first-order valence-corrected chi connectivity index (χ1v) is 7.16. The maximum atomic E-state index is 11.8. The van der Waals surface area contributed by atoms with E-state index in [9.17, 15) is 13.2 Å². The maximum absolute atomic E-state index is 11.8. The van der Waals surface area contributed by atoms with Gasteiger partial charge in [-0.2, -0.15) is 0 Å².